The number of phenolic OH excluding ortho intramolecular Hbond substituents is 1. The van der Waals surface area contributed by atoms with E-state index in [1.165, 1.54) is 0 Å². The first-order chi connectivity index (χ1) is 9.91. The van der Waals surface area contributed by atoms with Gasteiger partial charge in [0, 0.05) is 29.4 Å². The summed E-state index contributed by atoms with van der Waals surface area (Å²) in [5.74, 6) is 0.701. The standard InChI is InChI=1S/C16H21NO4/c1-17(20)7-6-16-5-4-11(18)8-13(16)21-15-12(19)3-2-10(9-17)14(15)16/h2-3,11,13,18-19H,4-9H2,1H3/t11?,13-,16?,17?/m0/s1. The van der Waals surface area contributed by atoms with Crippen LogP contribution in [0.15, 0.2) is 12.1 Å². The number of ether oxygens (including phenoxy) is 1. The average molecular weight is 291 g/mol. The largest absolute Gasteiger partial charge is 0.633 e. The van der Waals surface area contributed by atoms with Gasteiger partial charge in [-0.1, -0.05) is 0 Å². The van der Waals surface area contributed by atoms with E-state index in [0.29, 0.717) is 25.3 Å². The quantitative estimate of drug-likeness (QED) is 0.564. The number of hydroxylamine groups is 3. The van der Waals surface area contributed by atoms with Gasteiger partial charge in [-0.05, 0) is 25.0 Å². The van der Waals surface area contributed by atoms with Crippen LogP contribution in [0.25, 0.3) is 0 Å². The van der Waals surface area contributed by atoms with Crippen LogP contribution in [0, 0.1) is 5.21 Å². The number of hydrogen-bond donors (Lipinski definition) is 2. The van der Waals surface area contributed by atoms with Crippen molar-refractivity contribution >= 4 is 0 Å². The van der Waals surface area contributed by atoms with Gasteiger partial charge >= 0.3 is 0 Å². The van der Waals surface area contributed by atoms with Crippen LogP contribution in [0.2, 0.25) is 0 Å². The molecule has 5 nitrogen and oxygen atoms in total. The summed E-state index contributed by atoms with van der Waals surface area (Å²) < 4.78 is 5.75. The van der Waals surface area contributed by atoms with Crippen LogP contribution < -0.4 is 4.74 Å². The number of aliphatic hydroxyl groups is 1. The van der Waals surface area contributed by atoms with Crippen molar-refractivity contribution in [2.75, 3.05) is 13.6 Å². The normalized spacial score (nSPS) is 40.9. The Morgan fingerprint density at radius 2 is 2.19 bits per heavy atom. The number of rotatable bonds is 0. The Hall–Kier alpha value is -1.30. The van der Waals surface area contributed by atoms with E-state index in [9.17, 15) is 15.4 Å². The number of phenols is 1. The molecule has 4 atom stereocenters. The van der Waals surface area contributed by atoms with Crippen molar-refractivity contribution in [2.45, 2.75) is 49.9 Å². The molecule has 2 aliphatic heterocycles. The zero-order valence-electron chi connectivity index (χ0n) is 12.2. The summed E-state index contributed by atoms with van der Waals surface area (Å²) in [5, 5.41) is 32.7. The molecule has 1 aliphatic carbocycles. The molecule has 1 saturated carbocycles. The molecule has 21 heavy (non-hydrogen) atoms. The van der Waals surface area contributed by atoms with Crippen LogP contribution in [0.5, 0.6) is 11.5 Å². The Balaban J connectivity index is 1.91. The van der Waals surface area contributed by atoms with Crippen LogP contribution in [-0.2, 0) is 12.0 Å². The Labute approximate surface area is 123 Å². The molecule has 4 rings (SSSR count). The highest BCUT2D eigenvalue weighted by molar-refractivity contribution is 5.58. The summed E-state index contributed by atoms with van der Waals surface area (Å²) in [6.45, 7) is 0.966. The predicted octanol–water partition coefficient (Wildman–Crippen LogP) is 1.78. The second-order valence-electron chi connectivity index (χ2n) is 7.07. The van der Waals surface area contributed by atoms with E-state index in [1.54, 1.807) is 13.1 Å². The lowest BCUT2D eigenvalue weighted by atomic mass is 9.65. The third kappa shape index (κ3) is 1.81. The van der Waals surface area contributed by atoms with E-state index in [4.69, 9.17) is 4.74 Å². The number of aromatic hydroxyl groups is 1. The van der Waals surface area contributed by atoms with Gasteiger partial charge in [0.15, 0.2) is 11.5 Å². The van der Waals surface area contributed by atoms with Gasteiger partial charge in [-0.25, -0.2) is 0 Å². The maximum absolute atomic E-state index is 12.6. The minimum absolute atomic E-state index is 0.124. The first kappa shape index (κ1) is 13.4. The lowest BCUT2D eigenvalue weighted by Crippen LogP contribution is -2.47. The Morgan fingerprint density at radius 3 is 3.00 bits per heavy atom. The maximum Gasteiger partial charge on any atom is 0.165 e. The molecule has 0 aromatic heterocycles. The van der Waals surface area contributed by atoms with Gasteiger partial charge in [-0.3, -0.25) is 0 Å². The number of nitrogens with zero attached hydrogens (tertiary/aromatic N) is 1. The molecule has 3 unspecified atom stereocenters. The summed E-state index contributed by atoms with van der Waals surface area (Å²) in [6, 6.07) is 3.49. The Morgan fingerprint density at radius 1 is 1.38 bits per heavy atom. The van der Waals surface area contributed by atoms with Gasteiger partial charge in [0.1, 0.15) is 12.6 Å². The predicted molar refractivity (Wildman–Crippen MR) is 76.8 cm³/mol. The van der Waals surface area contributed by atoms with Crippen molar-refractivity contribution in [3.05, 3.63) is 28.5 Å². The van der Waals surface area contributed by atoms with E-state index in [1.807, 2.05) is 6.07 Å². The first-order valence-corrected chi connectivity index (χ1v) is 7.67. The molecule has 1 aromatic carbocycles. The van der Waals surface area contributed by atoms with Crippen LogP contribution in [0.3, 0.4) is 0 Å². The fourth-order valence-corrected chi connectivity index (χ4v) is 4.46. The fraction of sp³-hybridized carbons (Fsp3) is 0.625. The smallest absolute Gasteiger partial charge is 0.165 e. The summed E-state index contributed by atoms with van der Waals surface area (Å²) >= 11 is 0. The van der Waals surface area contributed by atoms with Gasteiger partial charge in [-0.2, -0.15) is 0 Å². The van der Waals surface area contributed by atoms with Gasteiger partial charge in [0.2, 0.25) is 0 Å². The fourth-order valence-electron chi connectivity index (χ4n) is 4.46. The van der Waals surface area contributed by atoms with Gasteiger partial charge in [-0.15, -0.1) is 0 Å². The third-order valence-electron chi connectivity index (χ3n) is 5.54. The minimum atomic E-state index is -0.350. The first-order valence-electron chi connectivity index (χ1n) is 7.67. The number of benzene rings is 1. The number of quaternary nitrogens is 1. The van der Waals surface area contributed by atoms with Crippen molar-refractivity contribution in [3.63, 3.8) is 0 Å². The Bertz CT molecular complexity index is 600. The van der Waals surface area contributed by atoms with Gasteiger partial charge in [0.05, 0.1) is 19.7 Å². The zero-order chi connectivity index (χ0) is 14.8. The van der Waals surface area contributed by atoms with Crippen molar-refractivity contribution in [1.82, 2.24) is 0 Å². The van der Waals surface area contributed by atoms with Gasteiger partial charge in [0.25, 0.3) is 0 Å². The molecule has 1 aromatic rings. The Kier molecular flexibility index (Phi) is 2.62. The number of aliphatic hydroxyl groups excluding tert-OH is 1. The molecule has 2 heterocycles. The van der Waals surface area contributed by atoms with Gasteiger partial charge < -0.3 is 24.8 Å². The summed E-state index contributed by atoms with van der Waals surface area (Å²) in [6.07, 6.45) is 2.42. The molecule has 114 valence electrons. The molecule has 1 spiro atoms. The van der Waals surface area contributed by atoms with Crippen LogP contribution in [-0.4, -0.2) is 40.7 Å². The molecular formula is C16H21NO4. The summed E-state index contributed by atoms with van der Waals surface area (Å²) in [7, 11) is 1.71. The highest BCUT2D eigenvalue weighted by Gasteiger charge is 2.55. The third-order valence-corrected chi connectivity index (χ3v) is 5.54. The summed E-state index contributed by atoms with van der Waals surface area (Å²) in [4.78, 5) is 0. The topological polar surface area (TPSA) is 72.8 Å². The van der Waals surface area contributed by atoms with Crippen LogP contribution in [0.4, 0.5) is 0 Å². The van der Waals surface area contributed by atoms with E-state index in [-0.39, 0.29) is 28.0 Å². The minimum Gasteiger partial charge on any atom is -0.633 e. The molecule has 0 bridgehead atoms. The molecule has 2 N–H and O–H groups in total. The van der Waals surface area contributed by atoms with E-state index >= 15 is 0 Å². The molecule has 0 radical (unpaired) electrons. The van der Waals surface area contributed by atoms with Crippen molar-refractivity contribution in [3.8, 4) is 11.5 Å². The lowest BCUT2D eigenvalue weighted by molar-refractivity contribution is -0.874. The molecule has 0 saturated heterocycles. The molecule has 3 aliphatic rings. The lowest BCUT2D eigenvalue weighted by Gasteiger charge is -2.42. The highest BCUT2D eigenvalue weighted by atomic mass is 16.5. The van der Waals surface area contributed by atoms with Crippen molar-refractivity contribution in [2.24, 2.45) is 0 Å². The number of hydrogen-bond acceptors (Lipinski definition) is 4. The SMILES string of the molecule is C[N+]1([O-])CCC23CCC(O)C[C@@H]2Oc2c(O)ccc(c23)C1. The highest BCUT2D eigenvalue weighted by Crippen LogP contribution is 2.57. The zero-order valence-corrected chi connectivity index (χ0v) is 12.2. The van der Waals surface area contributed by atoms with E-state index in [0.717, 1.165) is 30.4 Å². The van der Waals surface area contributed by atoms with Crippen molar-refractivity contribution in [1.29, 1.82) is 0 Å². The van der Waals surface area contributed by atoms with E-state index in [2.05, 4.69) is 0 Å². The molecule has 0 amide bonds. The summed E-state index contributed by atoms with van der Waals surface area (Å²) in [5.41, 5.74) is 1.83. The van der Waals surface area contributed by atoms with Crippen molar-refractivity contribution < 1.29 is 19.6 Å². The van der Waals surface area contributed by atoms with Crippen LogP contribution >= 0.6 is 0 Å². The molecule has 5 heteroatoms. The second kappa shape index (κ2) is 4.12. The van der Waals surface area contributed by atoms with Crippen LogP contribution in [0.1, 0.15) is 36.8 Å². The average Bonchev–Trinajstić information content (AvgIpc) is 2.70. The maximum atomic E-state index is 12.6. The molecule has 1 fully saturated rings. The monoisotopic (exact) mass is 291 g/mol. The second-order valence-corrected chi connectivity index (χ2v) is 7.07. The molecular weight excluding hydrogens is 270 g/mol. The van der Waals surface area contributed by atoms with E-state index < -0.39 is 0 Å².